The average Bonchev–Trinajstić information content (AvgIpc) is 2.55. The normalized spacial score (nSPS) is 17.6. The summed E-state index contributed by atoms with van der Waals surface area (Å²) in [5, 5.41) is 5.03. The second-order valence-electron chi connectivity index (χ2n) is 7.20. The highest BCUT2D eigenvalue weighted by atomic mass is 35.6. The molecule has 1 aliphatic rings. The van der Waals surface area contributed by atoms with Gasteiger partial charge in [-0.05, 0) is 45.7 Å². The summed E-state index contributed by atoms with van der Waals surface area (Å²) < 4.78 is 14.4. The summed E-state index contributed by atoms with van der Waals surface area (Å²) in [6.07, 6.45) is 1.67. The van der Waals surface area contributed by atoms with Gasteiger partial charge in [-0.3, -0.25) is 10.1 Å². The quantitative estimate of drug-likeness (QED) is 0.608. The molecule has 1 heterocycles. The Labute approximate surface area is 178 Å². The molecule has 0 bridgehead atoms. The minimum atomic E-state index is -2.17. The molecule has 1 aliphatic heterocycles. The molecule has 1 unspecified atom stereocenters. The van der Waals surface area contributed by atoms with Crippen LogP contribution >= 0.6 is 34.8 Å². The monoisotopic (exact) mass is 452 g/mol. The molecule has 2 rings (SSSR count). The second-order valence-corrected chi connectivity index (χ2v) is 9.48. The molecule has 10 heteroatoms. The Morgan fingerprint density at radius 1 is 1.11 bits per heavy atom. The third-order valence-corrected chi connectivity index (χ3v) is 4.05. The summed E-state index contributed by atoms with van der Waals surface area (Å²) in [7, 11) is 0. The van der Waals surface area contributed by atoms with Crippen molar-refractivity contribution < 1.29 is 23.8 Å². The van der Waals surface area contributed by atoms with Crippen molar-refractivity contribution in [2.24, 2.45) is 0 Å². The molecular weight excluding hydrogens is 431 g/mol. The highest BCUT2D eigenvalue weighted by Gasteiger charge is 2.31. The lowest BCUT2D eigenvalue weighted by molar-refractivity contribution is -0.115. The number of ether oxygens (including phenoxy) is 3. The summed E-state index contributed by atoms with van der Waals surface area (Å²) >= 11 is 16.9. The van der Waals surface area contributed by atoms with E-state index in [1.54, 1.807) is 32.9 Å². The van der Waals surface area contributed by atoms with Gasteiger partial charge in [0.2, 0.25) is 0 Å². The lowest BCUT2D eigenvalue weighted by atomic mass is 10.2. The van der Waals surface area contributed by atoms with Crippen LogP contribution in [0.25, 0.3) is 0 Å². The van der Waals surface area contributed by atoms with Crippen LogP contribution in [0.1, 0.15) is 40.0 Å². The smallest absolute Gasteiger partial charge is 0.412 e. The Kier molecular flexibility index (Phi) is 7.67. The van der Waals surface area contributed by atoms with E-state index in [-0.39, 0.29) is 17.7 Å². The van der Waals surface area contributed by atoms with Gasteiger partial charge >= 0.3 is 6.09 Å². The number of nitrogens with one attached hydrogen (secondary N) is 2. The van der Waals surface area contributed by atoms with E-state index in [0.717, 1.165) is 19.3 Å². The van der Waals surface area contributed by atoms with E-state index >= 15 is 0 Å². The van der Waals surface area contributed by atoms with E-state index in [4.69, 9.17) is 49.0 Å². The van der Waals surface area contributed by atoms with E-state index in [1.807, 2.05) is 0 Å². The third-order valence-electron chi connectivity index (χ3n) is 3.54. The Morgan fingerprint density at radius 2 is 1.82 bits per heavy atom. The second kappa shape index (κ2) is 9.39. The van der Waals surface area contributed by atoms with Crippen LogP contribution in [-0.2, 0) is 14.3 Å². The molecule has 0 radical (unpaired) electrons. The van der Waals surface area contributed by atoms with E-state index < -0.39 is 21.4 Å². The molecule has 1 saturated heterocycles. The van der Waals surface area contributed by atoms with Gasteiger partial charge in [-0.15, -0.1) is 0 Å². The van der Waals surface area contributed by atoms with Crippen LogP contribution in [0.15, 0.2) is 18.2 Å². The molecule has 0 aromatic heterocycles. The third kappa shape index (κ3) is 7.54. The topological polar surface area (TPSA) is 85.9 Å². The first-order valence-corrected chi connectivity index (χ1v) is 9.88. The first-order chi connectivity index (χ1) is 12.9. The summed E-state index contributed by atoms with van der Waals surface area (Å²) in [6.45, 7) is 5.83. The van der Waals surface area contributed by atoms with Crippen LogP contribution in [0.4, 0.5) is 16.2 Å². The summed E-state index contributed by atoms with van der Waals surface area (Å²) in [4.78, 5) is 24.2. The van der Waals surface area contributed by atoms with Crippen molar-refractivity contribution in [1.82, 2.24) is 0 Å². The van der Waals surface area contributed by atoms with Crippen molar-refractivity contribution in [2.45, 2.75) is 55.7 Å². The maximum atomic E-state index is 12.1. The molecule has 0 saturated carbocycles. The fourth-order valence-electron chi connectivity index (χ4n) is 2.37. The summed E-state index contributed by atoms with van der Waals surface area (Å²) in [6, 6.07) is 4.70. The standard InChI is InChI=1S/C18H23Cl3N2O5/c1-17(2,3)28-16(25)23-12-8-7-11(27-14-6-4-5-9-26-14)10-13(12)22-15(24)18(19,20)21/h7-8,10,14H,4-6,9H2,1-3H3,(H,22,24)(H,23,25). The average molecular weight is 454 g/mol. The molecule has 28 heavy (non-hydrogen) atoms. The molecular formula is C18H23Cl3N2O5. The van der Waals surface area contributed by atoms with Crippen LogP contribution in [0, 0.1) is 0 Å². The molecule has 2 amide bonds. The minimum absolute atomic E-state index is 0.190. The van der Waals surface area contributed by atoms with Crippen molar-refractivity contribution in [1.29, 1.82) is 0 Å². The van der Waals surface area contributed by atoms with Gasteiger partial charge in [0.1, 0.15) is 11.4 Å². The predicted octanol–water partition coefficient (Wildman–Crippen LogP) is 5.25. The number of rotatable bonds is 4. The zero-order chi connectivity index (χ0) is 20.9. The van der Waals surface area contributed by atoms with E-state index in [2.05, 4.69) is 10.6 Å². The molecule has 1 fully saturated rings. The first-order valence-electron chi connectivity index (χ1n) is 8.74. The van der Waals surface area contributed by atoms with Crippen LogP contribution in [0.2, 0.25) is 0 Å². The van der Waals surface area contributed by atoms with Crippen molar-refractivity contribution in [3.8, 4) is 5.75 Å². The van der Waals surface area contributed by atoms with E-state index in [9.17, 15) is 9.59 Å². The maximum Gasteiger partial charge on any atom is 0.412 e. The number of hydrogen-bond acceptors (Lipinski definition) is 5. The van der Waals surface area contributed by atoms with Crippen LogP contribution in [0.5, 0.6) is 5.75 Å². The van der Waals surface area contributed by atoms with Crippen LogP contribution < -0.4 is 15.4 Å². The van der Waals surface area contributed by atoms with Gasteiger partial charge in [-0.2, -0.15) is 0 Å². The van der Waals surface area contributed by atoms with Gasteiger partial charge in [0.25, 0.3) is 9.70 Å². The molecule has 7 nitrogen and oxygen atoms in total. The van der Waals surface area contributed by atoms with Gasteiger partial charge in [-0.1, -0.05) is 34.8 Å². The lowest BCUT2D eigenvalue weighted by Crippen LogP contribution is -2.29. The van der Waals surface area contributed by atoms with Gasteiger partial charge in [0, 0.05) is 12.5 Å². The summed E-state index contributed by atoms with van der Waals surface area (Å²) in [5.41, 5.74) is -0.240. The molecule has 0 aliphatic carbocycles. The lowest BCUT2D eigenvalue weighted by Gasteiger charge is -2.24. The van der Waals surface area contributed by atoms with Gasteiger partial charge in [0.05, 0.1) is 18.0 Å². The fourth-order valence-corrected chi connectivity index (χ4v) is 2.51. The zero-order valence-electron chi connectivity index (χ0n) is 15.8. The van der Waals surface area contributed by atoms with E-state index in [0.29, 0.717) is 12.4 Å². The Bertz CT molecular complexity index is 710. The fraction of sp³-hybridized carbons (Fsp3) is 0.556. The Balaban J connectivity index is 2.21. The van der Waals surface area contributed by atoms with Crippen LogP contribution in [0.3, 0.4) is 0 Å². The Hall–Kier alpha value is -1.41. The van der Waals surface area contributed by atoms with Gasteiger partial charge < -0.3 is 19.5 Å². The molecule has 1 atom stereocenters. The van der Waals surface area contributed by atoms with Crippen molar-refractivity contribution in [3.63, 3.8) is 0 Å². The predicted molar refractivity (Wildman–Crippen MR) is 109 cm³/mol. The molecule has 156 valence electrons. The number of hydrogen-bond donors (Lipinski definition) is 2. The van der Waals surface area contributed by atoms with Crippen molar-refractivity contribution in [3.05, 3.63) is 18.2 Å². The molecule has 0 spiro atoms. The number of anilines is 2. The SMILES string of the molecule is CC(C)(C)OC(=O)Nc1ccc(OC2CCCCO2)cc1NC(=O)C(Cl)(Cl)Cl. The highest BCUT2D eigenvalue weighted by molar-refractivity contribution is 6.76. The number of halogens is 3. The minimum Gasteiger partial charge on any atom is -0.465 e. The number of amides is 2. The Morgan fingerprint density at radius 3 is 2.39 bits per heavy atom. The highest BCUT2D eigenvalue weighted by Crippen LogP contribution is 2.33. The molecule has 2 N–H and O–H groups in total. The van der Waals surface area contributed by atoms with Crippen molar-refractivity contribution in [2.75, 3.05) is 17.2 Å². The number of benzene rings is 1. The zero-order valence-corrected chi connectivity index (χ0v) is 18.1. The number of alkyl halides is 3. The number of carbonyl (C=O) groups is 2. The molecule has 1 aromatic rings. The van der Waals surface area contributed by atoms with Gasteiger partial charge in [-0.25, -0.2) is 4.79 Å². The van der Waals surface area contributed by atoms with Crippen LogP contribution in [-0.4, -0.2) is 34.3 Å². The van der Waals surface area contributed by atoms with E-state index in [1.165, 1.54) is 6.07 Å². The molecule has 1 aromatic carbocycles. The largest absolute Gasteiger partial charge is 0.465 e. The first kappa shape index (κ1) is 22.9. The number of carbonyl (C=O) groups excluding carboxylic acids is 2. The maximum absolute atomic E-state index is 12.1. The van der Waals surface area contributed by atoms with Crippen molar-refractivity contribution >= 4 is 58.2 Å². The summed E-state index contributed by atoms with van der Waals surface area (Å²) in [5.74, 6) is -0.447. The van der Waals surface area contributed by atoms with Gasteiger partial charge in [0.15, 0.2) is 6.29 Å².